The number of carbonyl (C=O) groups excluding carboxylic acids is 1. The monoisotopic (exact) mass is 524 g/mol. The molecule has 0 aromatic heterocycles. The summed E-state index contributed by atoms with van der Waals surface area (Å²) in [5.74, 6) is -0.573. The molecule has 0 saturated heterocycles. The minimum Gasteiger partial charge on any atom is -0.487 e. The predicted molar refractivity (Wildman–Crippen MR) is 126 cm³/mol. The number of nitriles is 1. The van der Waals surface area contributed by atoms with Crippen LogP contribution in [0.1, 0.15) is 16.7 Å². The third kappa shape index (κ3) is 6.45. The number of amides is 1. The van der Waals surface area contributed by atoms with Crippen LogP contribution in [0, 0.1) is 11.3 Å². The number of benzene rings is 3. The van der Waals surface area contributed by atoms with E-state index in [4.69, 9.17) is 39.5 Å². The summed E-state index contributed by atoms with van der Waals surface area (Å²) >= 11 is 18.3. The first-order valence-corrected chi connectivity index (χ1v) is 10.7. The largest absolute Gasteiger partial charge is 0.487 e. The smallest absolute Gasteiger partial charge is 0.416 e. The molecule has 0 aliphatic heterocycles. The zero-order chi connectivity index (χ0) is 24.9. The van der Waals surface area contributed by atoms with Gasteiger partial charge in [-0.1, -0.05) is 59.1 Å². The first-order valence-electron chi connectivity index (χ1n) is 9.54. The van der Waals surface area contributed by atoms with Gasteiger partial charge in [-0.3, -0.25) is 4.79 Å². The number of ether oxygens (including phenoxy) is 1. The van der Waals surface area contributed by atoms with Crippen molar-refractivity contribution in [2.75, 3.05) is 5.32 Å². The van der Waals surface area contributed by atoms with E-state index >= 15 is 0 Å². The summed E-state index contributed by atoms with van der Waals surface area (Å²) in [6, 6.07) is 16.0. The number of carbonyl (C=O) groups is 1. The van der Waals surface area contributed by atoms with Crippen LogP contribution in [0.15, 0.2) is 66.2 Å². The molecule has 0 radical (unpaired) electrons. The van der Waals surface area contributed by atoms with Gasteiger partial charge in [-0.05, 0) is 48.0 Å². The van der Waals surface area contributed by atoms with Crippen LogP contribution in [0.2, 0.25) is 15.1 Å². The van der Waals surface area contributed by atoms with Crippen molar-refractivity contribution in [3.63, 3.8) is 0 Å². The average Bonchev–Trinajstić information content (AvgIpc) is 2.78. The van der Waals surface area contributed by atoms with Crippen molar-refractivity contribution in [2.24, 2.45) is 0 Å². The second-order valence-corrected chi connectivity index (χ2v) is 8.11. The summed E-state index contributed by atoms with van der Waals surface area (Å²) in [5, 5.41) is 12.3. The van der Waals surface area contributed by atoms with E-state index in [1.54, 1.807) is 30.3 Å². The number of nitrogens with zero attached hydrogens (tertiary/aromatic N) is 1. The highest BCUT2D eigenvalue weighted by Gasteiger charge is 2.31. The molecular weight excluding hydrogens is 512 g/mol. The van der Waals surface area contributed by atoms with Gasteiger partial charge in [0, 0.05) is 10.6 Å². The molecule has 0 bridgehead atoms. The molecule has 0 heterocycles. The Morgan fingerprint density at radius 2 is 1.74 bits per heavy atom. The SMILES string of the molecule is N#C/C(=C\c1ccc(OCc2ccccc2Cl)c(Cl)c1)C(=O)Nc1cc(C(F)(F)F)ccc1Cl. The van der Waals surface area contributed by atoms with Gasteiger partial charge in [-0.2, -0.15) is 18.4 Å². The quantitative estimate of drug-likeness (QED) is 0.264. The van der Waals surface area contributed by atoms with E-state index in [1.807, 2.05) is 12.1 Å². The topological polar surface area (TPSA) is 62.1 Å². The van der Waals surface area contributed by atoms with Crippen LogP contribution in [0.3, 0.4) is 0 Å². The maximum atomic E-state index is 12.9. The maximum Gasteiger partial charge on any atom is 0.416 e. The van der Waals surface area contributed by atoms with E-state index in [1.165, 1.54) is 12.1 Å². The van der Waals surface area contributed by atoms with Crippen molar-refractivity contribution in [1.29, 1.82) is 5.26 Å². The molecule has 174 valence electrons. The van der Waals surface area contributed by atoms with E-state index in [9.17, 15) is 23.2 Å². The second-order valence-electron chi connectivity index (χ2n) is 6.89. The molecular formula is C24H14Cl3F3N2O2. The fourth-order valence-corrected chi connectivity index (χ4v) is 3.40. The molecule has 10 heteroatoms. The van der Waals surface area contributed by atoms with Crippen LogP contribution >= 0.6 is 34.8 Å². The fourth-order valence-electron chi connectivity index (χ4n) is 2.80. The molecule has 1 amide bonds. The Hall–Kier alpha value is -3.18. The normalized spacial score (nSPS) is 11.6. The lowest BCUT2D eigenvalue weighted by Crippen LogP contribution is -2.15. The van der Waals surface area contributed by atoms with Gasteiger partial charge in [0.2, 0.25) is 0 Å². The number of hydrogen-bond donors (Lipinski definition) is 1. The summed E-state index contributed by atoms with van der Waals surface area (Å²) in [6.07, 6.45) is -3.38. The number of alkyl halides is 3. The van der Waals surface area contributed by atoms with Crippen molar-refractivity contribution in [2.45, 2.75) is 12.8 Å². The highest BCUT2D eigenvalue weighted by Crippen LogP contribution is 2.34. The number of nitrogens with one attached hydrogen (secondary N) is 1. The zero-order valence-electron chi connectivity index (χ0n) is 17.1. The molecule has 0 aliphatic rings. The van der Waals surface area contributed by atoms with Gasteiger partial charge >= 0.3 is 6.18 Å². The Labute approximate surface area is 208 Å². The Balaban J connectivity index is 1.76. The first-order chi connectivity index (χ1) is 16.1. The van der Waals surface area contributed by atoms with E-state index in [0.717, 1.165) is 17.7 Å². The molecule has 3 aromatic rings. The van der Waals surface area contributed by atoms with Crippen molar-refractivity contribution >= 4 is 52.5 Å². The fraction of sp³-hybridized carbons (Fsp3) is 0.0833. The van der Waals surface area contributed by atoms with Gasteiger partial charge in [0.25, 0.3) is 5.91 Å². The summed E-state index contributed by atoms with van der Waals surface area (Å²) in [5.41, 5.74) is -0.468. The van der Waals surface area contributed by atoms with Crippen LogP contribution in [0.4, 0.5) is 18.9 Å². The lowest BCUT2D eigenvalue weighted by atomic mass is 10.1. The first kappa shape index (κ1) is 25.4. The number of hydrogen-bond acceptors (Lipinski definition) is 3. The van der Waals surface area contributed by atoms with Crippen molar-refractivity contribution < 1.29 is 22.7 Å². The van der Waals surface area contributed by atoms with Crippen LogP contribution in [0.5, 0.6) is 5.75 Å². The lowest BCUT2D eigenvalue weighted by Gasteiger charge is -2.11. The zero-order valence-corrected chi connectivity index (χ0v) is 19.4. The van der Waals surface area contributed by atoms with E-state index in [0.29, 0.717) is 22.4 Å². The lowest BCUT2D eigenvalue weighted by molar-refractivity contribution is -0.137. The van der Waals surface area contributed by atoms with Gasteiger partial charge in [-0.25, -0.2) is 0 Å². The minimum atomic E-state index is -4.62. The Kier molecular flexibility index (Phi) is 8.11. The molecule has 3 rings (SSSR count). The Bertz CT molecular complexity index is 1300. The maximum absolute atomic E-state index is 12.9. The van der Waals surface area contributed by atoms with Gasteiger partial charge in [0.1, 0.15) is 24.0 Å². The average molecular weight is 526 g/mol. The number of halogens is 6. The molecule has 1 N–H and O–H groups in total. The van der Waals surface area contributed by atoms with Crippen molar-refractivity contribution in [3.05, 3.63) is 98.0 Å². The summed E-state index contributed by atoms with van der Waals surface area (Å²) < 4.78 is 44.5. The molecule has 0 unspecified atom stereocenters. The predicted octanol–water partition coefficient (Wildman–Crippen LogP) is 7.79. The molecule has 34 heavy (non-hydrogen) atoms. The minimum absolute atomic E-state index is 0.110. The molecule has 0 spiro atoms. The standard InChI is InChI=1S/C24H14Cl3F3N2O2/c25-18-4-2-1-3-15(18)13-34-22-8-5-14(10-20(22)27)9-16(12-31)23(33)32-21-11-17(24(28,29)30)6-7-19(21)26/h1-11H,13H2,(H,32,33)/b16-9+. The molecule has 0 atom stereocenters. The van der Waals surface area contributed by atoms with E-state index in [-0.39, 0.29) is 27.9 Å². The highest BCUT2D eigenvalue weighted by molar-refractivity contribution is 6.34. The molecule has 0 fully saturated rings. The summed E-state index contributed by atoms with van der Waals surface area (Å²) in [4.78, 5) is 12.5. The van der Waals surface area contributed by atoms with E-state index < -0.39 is 17.6 Å². The van der Waals surface area contributed by atoms with Crippen LogP contribution in [-0.4, -0.2) is 5.91 Å². The number of anilines is 1. The van der Waals surface area contributed by atoms with Crippen molar-refractivity contribution in [3.8, 4) is 11.8 Å². The Morgan fingerprint density at radius 3 is 2.38 bits per heavy atom. The van der Waals surface area contributed by atoms with Crippen LogP contribution in [-0.2, 0) is 17.6 Å². The van der Waals surface area contributed by atoms with E-state index in [2.05, 4.69) is 5.32 Å². The van der Waals surface area contributed by atoms with Crippen LogP contribution in [0.25, 0.3) is 6.08 Å². The van der Waals surface area contributed by atoms with Crippen LogP contribution < -0.4 is 10.1 Å². The van der Waals surface area contributed by atoms with Crippen molar-refractivity contribution in [1.82, 2.24) is 0 Å². The Morgan fingerprint density at radius 1 is 1.00 bits per heavy atom. The van der Waals surface area contributed by atoms with Gasteiger partial charge in [-0.15, -0.1) is 0 Å². The third-order valence-electron chi connectivity index (χ3n) is 4.51. The molecule has 0 aliphatic carbocycles. The summed E-state index contributed by atoms with van der Waals surface area (Å²) in [6.45, 7) is 0.179. The van der Waals surface area contributed by atoms with Gasteiger partial charge in [0.15, 0.2) is 0 Å². The van der Waals surface area contributed by atoms with Gasteiger partial charge < -0.3 is 10.1 Å². The molecule has 4 nitrogen and oxygen atoms in total. The molecule has 0 saturated carbocycles. The van der Waals surface area contributed by atoms with Gasteiger partial charge in [0.05, 0.1) is 21.3 Å². The molecule has 3 aromatic carbocycles. The number of rotatable bonds is 6. The highest BCUT2D eigenvalue weighted by atomic mass is 35.5. The second kappa shape index (κ2) is 10.8. The third-order valence-corrected chi connectivity index (χ3v) is 5.51. The summed E-state index contributed by atoms with van der Waals surface area (Å²) in [7, 11) is 0.